The zero-order valence-electron chi connectivity index (χ0n) is 11.5. The Kier molecular flexibility index (Phi) is 3.04. The van der Waals surface area contributed by atoms with Gasteiger partial charge in [0.1, 0.15) is 5.69 Å². The van der Waals surface area contributed by atoms with E-state index in [1.807, 2.05) is 11.8 Å². The van der Waals surface area contributed by atoms with E-state index in [2.05, 4.69) is 4.99 Å². The molecule has 1 saturated heterocycles. The summed E-state index contributed by atoms with van der Waals surface area (Å²) in [5.41, 5.74) is 1.78. The van der Waals surface area contributed by atoms with Crippen LogP contribution in [0, 0.1) is 6.92 Å². The van der Waals surface area contributed by atoms with E-state index in [9.17, 15) is 9.59 Å². The van der Waals surface area contributed by atoms with Crippen molar-refractivity contribution in [3.05, 3.63) is 23.3 Å². The average Bonchev–Trinajstić information content (AvgIpc) is 2.82. The highest BCUT2D eigenvalue weighted by Gasteiger charge is 2.33. The quantitative estimate of drug-likeness (QED) is 0.582. The van der Waals surface area contributed by atoms with Crippen molar-refractivity contribution in [2.75, 3.05) is 6.54 Å². The number of ether oxygens (including phenoxy) is 1. The minimum atomic E-state index is -0.408. The largest absolute Gasteiger partial charge is 0.424 e. The van der Waals surface area contributed by atoms with E-state index < -0.39 is 5.97 Å². The van der Waals surface area contributed by atoms with Crippen LogP contribution in [0.1, 0.15) is 35.7 Å². The van der Waals surface area contributed by atoms with E-state index in [1.165, 1.54) is 6.92 Å². The van der Waals surface area contributed by atoms with Gasteiger partial charge in [-0.3, -0.25) is 14.6 Å². The molecule has 104 valence electrons. The minimum absolute atomic E-state index is 0.0339. The van der Waals surface area contributed by atoms with Crippen LogP contribution in [-0.2, 0) is 4.79 Å². The number of aliphatic imine (C=N–C) groups is 1. The SMILES string of the molecule is CC(=O)Oc1c(C)ccc2c1N=CC1CCCN1C2=O. The summed E-state index contributed by atoms with van der Waals surface area (Å²) in [5.74, 6) is -0.0527. The van der Waals surface area contributed by atoms with Crippen LogP contribution < -0.4 is 4.74 Å². The van der Waals surface area contributed by atoms with Gasteiger partial charge in [-0.25, -0.2) is 0 Å². The number of hydrogen-bond acceptors (Lipinski definition) is 4. The number of carbonyl (C=O) groups excluding carboxylic acids is 2. The van der Waals surface area contributed by atoms with Crippen molar-refractivity contribution in [3.63, 3.8) is 0 Å². The Morgan fingerprint density at radius 1 is 1.45 bits per heavy atom. The molecule has 3 rings (SSSR count). The van der Waals surface area contributed by atoms with Crippen molar-refractivity contribution >= 4 is 23.8 Å². The predicted octanol–water partition coefficient (Wildman–Crippen LogP) is 2.24. The molecular weight excluding hydrogens is 256 g/mol. The zero-order valence-corrected chi connectivity index (χ0v) is 11.5. The lowest BCUT2D eigenvalue weighted by molar-refractivity contribution is -0.131. The van der Waals surface area contributed by atoms with E-state index in [4.69, 9.17) is 4.74 Å². The number of rotatable bonds is 1. The van der Waals surface area contributed by atoms with E-state index in [0.29, 0.717) is 17.0 Å². The topological polar surface area (TPSA) is 59.0 Å². The monoisotopic (exact) mass is 272 g/mol. The maximum atomic E-state index is 12.6. The van der Waals surface area contributed by atoms with Crippen molar-refractivity contribution in [1.82, 2.24) is 4.90 Å². The maximum absolute atomic E-state index is 12.6. The van der Waals surface area contributed by atoms with Gasteiger partial charge in [0.15, 0.2) is 5.75 Å². The molecule has 5 nitrogen and oxygen atoms in total. The summed E-state index contributed by atoms with van der Waals surface area (Å²) in [5, 5.41) is 0. The Morgan fingerprint density at radius 2 is 2.25 bits per heavy atom. The second-order valence-corrected chi connectivity index (χ2v) is 5.19. The van der Waals surface area contributed by atoms with Gasteiger partial charge in [-0.15, -0.1) is 0 Å². The van der Waals surface area contributed by atoms with Gasteiger partial charge in [0.2, 0.25) is 0 Å². The number of hydrogen-bond donors (Lipinski definition) is 0. The van der Waals surface area contributed by atoms with E-state index in [0.717, 1.165) is 24.9 Å². The Morgan fingerprint density at radius 3 is 3.00 bits per heavy atom. The first-order valence-corrected chi connectivity index (χ1v) is 6.75. The molecule has 0 N–H and O–H groups in total. The summed E-state index contributed by atoms with van der Waals surface area (Å²) >= 11 is 0. The van der Waals surface area contributed by atoms with Gasteiger partial charge in [0.25, 0.3) is 5.91 Å². The van der Waals surface area contributed by atoms with Gasteiger partial charge in [0.05, 0.1) is 11.6 Å². The molecule has 0 radical (unpaired) electrons. The van der Waals surface area contributed by atoms with E-state index in [-0.39, 0.29) is 11.9 Å². The molecule has 2 aliphatic heterocycles. The van der Waals surface area contributed by atoms with Crippen LogP contribution in [0.15, 0.2) is 17.1 Å². The van der Waals surface area contributed by atoms with E-state index in [1.54, 1.807) is 18.3 Å². The van der Waals surface area contributed by atoms with Gasteiger partial charge in [-0.1, -0.05) is 6.07 Å². The van der Waals surface area contributed by atoms with Crippen LogP contribution in [0.3, 0.4) is 0 Å². The fourth-order valence-corrected chi connectivity index (χ4v) is 2.76. The highest BCUT2D eigenvalue weighted by Crippen LogP contribution is 2.38. The van der Waals surface area contributed by atoms with Crippen molar-refractivity contribution in [2.24, 2.45) is 4.99 Å². The third kappa shape index (κ3) is 1.99. The standard InChI is InChI=1S/C15H16N2O3/c1-9-5-6-12-13(14(9)20-10(2)18)16-8-11-4-3-7-17(11)15(12)19/h5-6,8,11H,3-4,7H2,1-2H3. The number of benzene rings is 1. The van der Waals surface area contributed by atoms with Crippen LogP contribution in [0.25, 0.3) is 0 Å². The lowest BCUT2D eigenvalue weighted by Gasteiger charge is -2.20. The molecule has 0 bridgehead atoms. The van der Waals surface area contributed by atoms with Crippen molar-refractivity contribution in [2.45, 2.75) is 32.7 Å². The molecule has 1 unspecified atom stereocenters. The van der Waals surface area contributed by atoms with Crippen molar-refractivity contribution < 1.29 is 14.3 Å². The number of esters is 1. The fraction of sp³-hybridized carbons (Fsp3) is 0.400. The van der Waals surface area contributed by atoms with E-state index >= 15 is 0 Å². The average molecular weight is 272 g/mol. The summed E-state index contributed by atoms with van der Waals surface area (Å²) in [7, 11) is 0. The molecule has 2 heterocycles. The Hall–Kier alpha value is -2.17. The van der Waals surface area contributed by atoms with Crippen LogP contribution in [0.5, 0.6) is 5.75 Å². The number of amides is 1. The Balaban J connectivity index is 2.14. The molecule has 20 heavy (non-hydrogen) atoms. The highest BCUT2D eigenvalue weighted by atomic mass is 16.5. The van der Waals surface area contributed by atoms with Crippen LogP contribution in [0.4, 0.5) is 5.69 Å². The van der Waals surface area contributed by atoms with Gasteiger partial charge in [0, 0.05) is 19.7 Å². The highest BCUT2D eigenvalue weighted by molar-refractivity contribution is 6.04. The lowest BCUT2D eigenvalue weighted by atomic mass is 10.1. The molecule has 0 spiro atoms. The Bertz CT molecular complexity index is 622. The fourth-order valence-electron chi connectivity index (χ4n) is 2.76. The molecule has 1 atom stereocenters. The van der Waals surface area contributed by atoms with Gasteiger partial charge in [-0.05, 0) is 31.4 Å². The maximum Gasteiger partial charge on any atom is 0.308 e. The number of fused-ring (bicyclic) bond motifs is 2. The van der Waals surface area contributed by atoms with Gasteiger partial charge >= 0.3 is 5.97 Å². The molecule has 0 aromatic heterocycles. The van der Waals surface area contributed by atoms with Gasteiger partial charge < -0.3 is 9.64 Å². The first-order valence-electron chi connectivity index (χ1n) is 6.75. The number of nitrogens with zero attached hydrogens (tertiary/aromatic N) is 2. The second-order valence-electron chi connectivity index (χ2n) is 5.19. The zero-order chi connectivity index (χ0) is 14.3. The first kappa shape index (κ1) is 12.8. The Labute approximate surface area is 117 Å². The van der Waals surface area contributed by atoms with Gasteiger partial charge in [-0.2, -0.15) is 0 Å². The third-order valence-electron chi connectivity index (χ3n) is 3.74. The summed E-state index contributed by atoms with van der Waals surface area (Å²) < 4.78 is 5.25. The van der Waals surface area contributed by atoms with Crippen LogP contribution >= 0.6 is 0 Å². The molecule has 1 aromatic carbocycles. The summed E-state index contributed by atoms with van der Waals surface area (Å²) in [6.07, 6.45) is 3.73. The molecule has 1 aromatic rings. The summed E-state index contributed by atoms with van der Waals surface area (Å²) in [6.45, 7) is 3.94. The normalized spacial score (nSPS) is 20.4. The lowest BCUT2D eigenvalue weighted by Crippen LogP contribution is -2.35. The summed E-state index contributed by atoms with van der Waals surface area (Å²) in [6, 6.07) is 3.61. The third-order valence-corrected chi connectivity index (χ3v) is 3.74. The molecular formula is C15H16N2O3. The summed E-state index contributed by atoms with van der Waals surface area (Å²) in [4.78, 5) is 30.1. The minimum Gasteiger partial charge on any atom is -0.424 e. The van der Waals surface area contributed by atoms with Crippen LogP contribution in [0.2, 0.25) is 0 Å². The number of carbonyl (C=O) groups is 2. The molecule has 0 saturated carbocycles. The molecule has 5 heteroatoms. The molecule has 2 aliphatic rings. The predicted molar refractivity (Wildman–Crippen MR) is 74.7 cm³/mol. The smallest absolute Gasteiger partial charge is 0.308 e. The van der Waals surface area contributed by atoms with Crippen LogP contribution in [-0.4, -0.2) is 35.6 Å². The molecule has 1 amide bonds. The van der Waals surface area contributed by atoms with Crippen molar-refractivity contribution in [3.8, 4) is 5.75 Å². The molecule has 1 fully saturated rings. The van der Waals surface area contributed by atoms with Crippen molar-refractivity contribution in [1.29, 1.82) is 0 Å². The number of aryl methyl sites for hydroxylation is 1. The second kappa shape index (κ2) is 4.74. The molecule has 0 aliphatic carbocycles. The first-order chi connectivity index (χ1) is 9.58.